The summed E-state index contributed by atoms with van der Waals surface area (Å²) in [4.78, 5) is 23.0. The molecule has 2 aromatic carbocycles. The van der Waals surface area contributed by atoms with E-state index in [1.807, 2.05) is 6.07 Å². The third-order valence-corrected chi connectivity index (χ3v) is 5.06. The molecule has 0 bridgehead atoms. The number of hydrogen-bond donors (Lipinski definition) is 0. The number of hydrogen-bond acceptors (Lipinski definition) is 6. The predicted octanol–water partition coefficient (Wildman–Crippen LogP) is 4.52. The van der Waals surface area contributed by atoms with Gasteiger partial charge in [-0.1, -0.05) is 11.6 Å². The Bertz CT molecular complexity index is 1190. The third-order valence-electron chi connectivity index (χ3n) is 4.83. The van der Waals surface area contributed by atoms with E-state index in [1.54, 1.807) is 12.1 Å². The van der Waals surface area contributed by atoms with Crippen molar-refractivity contribution in [3.8, 4) is 28.5 Å². The van der Waals surface area contributed by atoms with Gasteiger partial charge in [0.15, 0.2) is 5.75 Å². The molecule has 3 aromatic rings. The summed E-state index contributed by atoms with van der Waals surface area (Å²) in [5.41, 5.74) is 1.13. The molecule has 0 spiro atoms. The Labute approximate surface area is 176 Å². The lowest BCUT2D eigenvalue weighted by atomic mass is 10.1. The van der Waals surface area contributed by atoms with Crippen molar-refractivity contribution in [3.05, 3.63) is 73.5 Å². The summed E-state index contributed by atoms with van der Waals surface area (Å²) < 4.78 is 13.2. The molecule has 1 aliphatic heterocycles. The van der Waals surface area contributed by atoms with Crippen molar-refractivity contribution < 1.29 is 14.4 Å². The molecule has 0 radical (unpaired) electrons. The Morgan fingerprint density at radius 3 is 2.70 bits per heavy atom. The standard InChI is InChI=1S/C21H18ClN3O5/c1-24-20(26)12-19-21(23-24)16-11-15(25(27)28)6-8-18(16)30-17-7-5-14(22)10-13(17)4-2-3-9-29-19/h5-8,10-12H,2-4,9H2,1H3. The van der Waals surface area contributed by atoms with Gasteiger partial charge in [0.2, 0.25) is 0 Å². The maximum Gasteiger partial charge on any atom is 0.270 e. The zero-order valence-electron chi connectivity index (χ0n) is 16.1. The Balaban J connectivity index is 1.95. The van der Waals surface area contributed by atoms with Crippen LogP contribution in [0.4, 0.5) is 5.69 Å². The number of non-ortho nitro benzene ring substituents is 1. The quantitative estimate of drug-likeness (QED) is 0.418. The molecule has 0 saturated carbocycles. The predicted molar refractivity (Wildman–Crippen MR) is 112 cm³/mol. The highest BCUT2D eigenvalue weighted by molar-refractivity contribution is 6.30. The fourth-order valence-corrected chi connectivity index (χ4v) is 3.48. The number of aryl methyl sites for hydroxylation is 2. The van der Waals surface area contributed by atoms with Crippen molar-refractivity contribution in [2.24, 2.45) is 7.05 Å². The monoisotopic (exact) mass is 427 g/mol. The maximum atomic E-state index is 12.1. The van der Waals surface area contributed by atoms with Gasteiger partial charge in [-0.15, -0.1) is 0 Å². The van der Waals surface area contributed by atoms with Crippen LogP contribution in [0, 0.1) is 10.1 Å². The van der Waals surface area contributed by atoms with Gasteiger partial charge in [0, 0.05) is 30.3 Å². The van der Waals surface area contributed by atoms with E-state index in [0.29, 0.717) is 34.4 Å². The van der Waals surface area contributed by atoms with Crippen molar-refractivity contribution in [2.45, 2.75) is 19.3 Å². The van der Waals surface area contributed by atoms with Crippen LogP contribution in [0.1, 0.15) is 18.4 Å². The van der Waals surface area contributed by atoms with Gasteiger partial charge in [0.1, 0.15) is 17.2 Å². The molecule has 30 heavy (non-hydrogen) atoms. The second kappa shape index (κ2) is 8.16. The average Bonchev–Trinajstić information content (AvgIpc) is 2.71. The van der Waals surface area contributed by atoms with E-state index in [1.165, 1.54) is 31.3 Å². The number of halogens is 1. The highest BCUT2D eigenvalue weighted by Gasteiger charge is 2.21. The van der Waals surface area contributed by atoms with Gasteiger partial charge in [-0.25, -0.2) is 4.68 Å². The molecule has 0 fully saturated rings. The van der Waals surface area contributed by atoms with Gasteiger partial charge in [0.25, 0.3) is 11.2 Å². The van der Waals surface area contributed by atoms with E-state index < -0.39 is 4.92 Å². The minimum absolute atomic E-state index is 0.123. The lowest BCUT2D eigenvalue weighted by Gasteiger charge is -2.18. The first-order chi connectivity index (χ1) is 14.4. The van der Waals surface area contributed by atoms with Gasteiger partial charge < -0.3 is 9.47 Å². The minimum atomic E-state index is -0.493. The Morgan fingerprint density at radius 2 is 1.90 bits per heavy atom. The van der Waals surface area contributed by atoms with Crippen LogP contribution >= 0.6 is 11.6 Å². The van der Waals surface area contributed by atoms with Crippen LogP contribution in [0.25, 0.3) is 11.3 Å². The topological polar surface area (TPSA) is 96.5 Å². The van der Waals surface area contributed by atoms with Gasteiger partial charge in [0.05, 0.1) is 17.1 Å². The summed E-state index contributed by atoms with van der Waals surface area (Å²) in [6, 6.07) is 11.0. The first-order valence-corrected chi connectivity index (χ1v) is 9.76. The molecule has 1 aliphatic rings. The van der Waals surface area contributed by atoms with Gasteiger partial charge >= 0.3 is 0 Å². The molecule has 1 aromatic heterocycles. The van der Waals surface area contributed by atoms with E-state index in [2.05, 4.69) is 5.10 Å². The number of aromatic nitrogens is 2. The molecule has 0 atom stereocenters. The van der Waals surface area contributed by atoms with Gasteiger partial charge in [-0.3, -0.25) is 14.9 Å². The summed E-state index contributed by atoms with van der Waals surface area (Å²) in [6.45, 7) is 0.378. The SMILES string of the molecule is Cn1nc2c(cc1=O)OCCCCc1cc(Cl)ccc1Oc1ccc([N+](=O)[O-])cc1-2. The molecule has 0 amide bonds. The molecule has 4 rings (SSSR count). The summed E-state index contributed by atoms with van der Waals surface area (Å²) in [6.07, 6.45) is 2.29. The Morgan fingerprint density at radius 1 is 1.10 bits per heavy atom. The fraction of sp³-hybridized carbons (Fsp3) is 0.238. The number of ether oxygens (including phenoxy) is 2. The Hall–Kier alpha value is -3.39. The number of nitro groups is 1. The number of rotatable bonds is 1. The van der Waals surface area contributed by atoms with Gasteiger partial charge in [-0.2, -0.15) is 5.10 Å². The Kier molecular flexibility index (Phi) is 5.41. The molecule has 2 heterocycles. The van der Waals surface area contributed by atoms with Crippen LogP contribution < -0.4 is 15.0 Å². The highest BCUT2D eigenvalue weighted by Crippen LogP contribution is 2.40. The van der Waals surface area contributed by atoms with Crippen molar-refractivity contribution >= 4 is 17.3 Å². The molecule has 0 saturated heterocycles. The third kappa shape index (κ3) is 3.99. The summed E-state index contributed by atoms with van der Waals surface area (Å²) in [5.74, 6) is 1.24. The van der Waals surface area contributed by atoms with E-state index in [9.17, 15) is 14.9 Å². The average molecular weight is 428 g/mol. The smallest absolute Gasteiger partial charge is 0.270 e. The molecular weight excluding hydrogens is 410 g/mol. The second-order valence-electron chi connectivity index (χ2n) is 6.92. The molecule has 9 heteroatoms. The number of benzene rings is 2. The van der Waals surface area contributed by atoms with Crippen LogP contribution in [0.5, 0.6) is 17.2 Å². The van der Waals surface area contributed by atoms with Crippen molar-refractivity contribution in [1.29, 1.82) is 0 Å². The summed E-state index contributed by atoms with van der Waals surface area (Å²) >= 11 is 6.16. The lowest BCUT2D eigenvalue weighted by molar-refractivity contribution is -0.384. The number of fused-ring (bicyclic) bond motifs is 4. The van der Waals surface area contributed by atoms with Crippen molar-refractivity contribution in [3.63, 3.8) is 0 Å². The van der Waals surface area contributed by atoms with Crippen molar-refractivity contribution in [2.75, 3.05) is 6.61 Å². The normalized spacial score (nSPS) is 13.4. The largest absolute Gasteiger partial charge is 0.491 e. The van der Waals surface area contributed by atoms with E-state index >= 15 is 0 Å². The maximum absolute atomic E-state index is 12.1. The molecule has 0 unspecified atom stereocenters. The van der Waals surface area contributed by atoms with Crippen LogP contribution in [0.2, 0.25) is 5.02 Å². The lowest BCUT2D eigenvalue weighted by Crippen LogP contribution is -2.20. The van der Waals surface area contributed by atoms with Crippen LogP contribution in [-0.2, 0) is 13.5 Å². The number of nitro benzene ring substituents is 1. The van der Waals surface area contributed by atoms with Crippen LogP contribution in [-0.4, -0.2) is 21.3 Å². The molecular formula is C21H18ClN3O5. The van der Waals surface area contributed by atoms with E-state index in [4.69, 9.17) is 21.1 Å². The zero-order chi connectivity index (χ0) is 21.3. The first kappa shape index (κ1) is 19.9. The molecule has 154 valence electrons. The van der Waals surface area contributed by atoms with E-state index in [-0.39, 0.29) is 17.0 Å². The summed E-state index contributed by atoms with van der Waals surface area (Å²) in [7, 11) is 1.51. The highest BCUT2D eigenvalue weighted by atomic mass is 35.5. The first-order valence-electron chi connectivity index (χ1n) is 9.38. The minimum Gasteiger partial charge on any atom is -0.491 e. The summed E-state index contributed by atoms with van der Waals surface area (Å²) in [5, 5.41) is 16.3. The van der Waals surface area contributed by atoms with Crippen LogP contribution in [0.15, 0.2) is 47.3 Å². The molecule has 8 nitrogen and oxygen atoms in total. The van der Waals surface area contributed by atoms with Crippen molar-refractivity contribution in [1.82, 2.24) is 9.78 Å². The van der Waals surface area contributed by atoms with Crippen LogP contribution in [0.3, 0.4) is 0 Å². The zero-order valence-corrected chi connectivity index (χ0v) is 16.9. The second-order valence-corrected chi connectivity index (χ2v) is 7.35. The molecule has 0 aliphatic carbocycles. The molecule has 0 N–H and O–H groups in total. The van der Waals surface area contributed by atoms with E-state index in [0.717, 1.165) is 29.5 Å². The van der Waals surface area contributed by atoms with Gasteiger partial charge in [-0.05, 0) is 49.1 Å². The fourth-order valence-electron chi connectivity index (χ4n) is 3.29. The number of nitrogens with zero attached hydrogens (tertiary/aromatic N) is 3.